The van der Waals surface area contributed by atoms with E-state index in [1.807, 2.05) is 12.1 Å². The van der Waals surface area contributed by atoms with Crippen molar-refractivity contribution in [1.82, 2.24) is 4.98 Å². The molecule has 1 aromatic heterocycles. The summed E-state index contributed by atoms with van der Waals surface area (Å²) in [6, 6.07) is 7.86. The van der Waals surface area contributed by atoms with Gasteiger partial charge in [0, 0.05) is 17.0 Å². The molecule has 0 amide bonds. The van der Waals surface area contributed by atoms with Gasteiger partial charge in [-0.05, 0) is 67.2 Å². The molecule has 36 heavy (non-hydrogen) atoms. The summed E-state index contributed by atoms with van der Waals surface area (Å²) in [5, 5.41) is 10.8. The Balaban J connectivity index is 1.56. The van der Waals surface area contributed by atoms with Crippen LogP contribution in [-0.4, -0.2) is 31.6 Å². The van der Waals surface area contributed by atoms with Crippen LogP contribution >= 0.6 is 11.3 Å². The number of nitrogens with one attached hydrogen (secondary N) is 1. The molecule has 0 aliphatic heterocycles. The predicted molar refractivity (Wildman–Crippen MR) is 138 cm³/mol. The molecule has 7 nitrogen and oxygen atoms in total. The van der Waals surface area contributed by atoms with E-state index in [-0.39, 0.29) is 16.5 Å². The molecule has 2 aromatic carbocycles. The van der Waals surface area contributed by atoms with Crippen molar-refractivity contribution in [2.24, 2.45) is 5.41 Å². The van der Waals surface area contributed by atoms with Gasteiger partial charge in [0.2, 0.25) is 0 Å². The topological polar surface area (TPSA) is 106 Å². The van der Waals surface area contributed by atoms with Crippen LogP contribution in [0.15, 0.2) is 40.7 Å². The molecule has 10 heteroatoms. The van der Waals surface area contributed by atoms with Crippen molar-refractivity contribution in [2.45, 2.75) is 57.4 Å². The summed E-state index contributed by atoms with van der Waals surface area (Å²) < 4.78 is 47.4. The molecule has 0 atom stereocenters. The zero-order valence-electron chi connectivity index (χ0n) is 20.6. The van der Waals surface area contributed by atoms with E-state index in [0.29, 0.717) is 16.3 Å². The molecule has 0 spiro atoms. The number of benzene rings is 2. The lowest BCUT2D eigenvalue weighted by Crippen LogP contribution is -2.20. The Morgan fingerprint density at radius 1 is 1.22 bits per heavy atom. The standard InChI is InChI=1S/C26H29FN2O5S2/c1-15-11-17(5-6-18(15)16-7-9-26(2,3)10-8-16)24-28-23(14-35-24)36(32,33)29-21-13-20(27)19(25(30)31)12-22(21)34-4/h5-6,11-14,16,29H,7-10H2,1-4H3,(H,30,31). The SMILES string of the molecule is COc1cc(C(=O)O)c(F)cc1NS(=O)(=O)c1csc(-c2ccc(C3CCC(C)(C)CC3)c(C)c2)n1. The third kappa shape index (κ3) is 5.39. The van der Waals surface area contributed by atoms with E-state index >= 15 is 0 Å². The lowest BCUT2D eigenvalue weighted by atomic mass is 9.70. The molecule has 2 N–H and O–H groups in total. The first-order chi connectivity index (χ1) is 16.9. The average molecular weight is 533 g/mol. The van der Waals surface area contributed by atoms with Gasteiger partial charge in [0.05, 0.1) is 18.4 Å². The molecular formula is C26H29FN2O5S2. The van der Waals surface area contributed by atoms with Gasteiger partial charge < -0.3 is 9.84 Å². The summed E-state index contributed by atoms with van der Waals surface area (Å²) in [5.74, 6) is -2.16. The van der Waals surface area contributed by atoms with Crippen LogP contribution in [-0.2, 0) is 10.0 Å². The van der Waals surface area contributed by atoms with Crippen LogP contribution in [0.5, 0.6) is 5.75 Å². The molecular weight excluding hydrogens is 503 g/mol. The summed E-state index contributed by atoms with van der Waals surface area (Å²) in [7, 11) is -2.94. The predicted octanol–water partition coefficient (Wildman–Crippen LogP) is 6.45. The van der Waals surface area contributed by atoms with Gasteiger partial charge in [-0.1, -0.05) is 26.0 Å². The molecule has 1 aliphatic carbocycles. The van der Waals surface area contributed by atoms with Crippen LogP contribution in [0.4, 0.5) is 10.1 Å². The number of halogens is 1. The second-order valence-corrected chi connectivity index (χ2v) is 12.4. The normalized spacial score (nSPS) is 16.0. The Morgan fingerprint density at radius 3 is 2.53 bits per heavy atom. The van der Waals surface area contributed by atoms with E-state index in [0.717, 1.165) is 36.1 Å². The monoisotopic (exact) mass is 532 g/mol. The highest BCUT2D eigenvalue weighted by Gasteiger charge is 2.28. The van der Waals surface area contributed by atoms with Crippen LogP contribution in [0, 0.1) is 18.2 Å². The molecule has 1 saturated carbocycles. The minimum Gasteiger partial charge on any atom is -0.495 e. The first kappa shape index (κ1) is 26.1. The third-order valence-corrected chi connectivity index (χ3v) is 9.11. The first-order valence-electron chi connectivity index (χ1n) is 11.6. The molecule has 192 valence electrons. The van der Waals surface area contributed by atoms with Gasteiger partial charge in [-0.25, -0.2) is 14.2 Å². The van der Waals surface area contributed by atoms with Crippen molar-refractivity contribution in [1.29, 1.82) is 0 Å². The van der Waals surface area contributed by atoms with Crippen molar-refractivity contribution in [3.8, 4) is 16.3 Å². The lowest BCUT2D eigenvalue weighted by Gasteiger charge is -2.35. The molecule has 1 fully saturated rings. The lowest BCUT2D eigenvalue weighted by molar-refractivity contribution is 0.0691. The number of thiazole rings is 1. The van der Waals surface area contributed by atoms with E-state index < -0.39 is 27.4 Å². The summed E-state index contributed by atoms with van der Waals surface area (Å²) in [6.07, 6.45) is 4.73. The Kier molecular flexibility index (Phi) is 7.12. The summed E-state index contributed by atoms with van der Waals surface area (Å²) in [5.41, 5.74) is 2.88. The van der Waals surface area contributed by atoms with Gasteiger partial charge in [0.1, 0.15) is 16.6 Å². The maximum Gasteiger partial charge on any atom is 0.338 e. The quantitative estimate of drug-likeness (QED) is 0.362. The van der Waals surface area contributed by atoms with Crippen molar-refractivity contribution in [2.75, 3.05) is 11.8 Å². The zero-order valence-corrected chi connectivity index (χ0v) is 22.2. The largest absolute Gasteiger partial charge is 0.495 e. The van der Waals surface area contributed by atoms with Crippen LogP contribution in [0.3, 0.4) is 0 Å². The minimum absolute atomic E-state index is 0.120. The molecule has 1 aliphatic rings. The number of ether oxygens (including phenoxy) is 1. The van der Waals surface area contributed by atoms with E-state index in [2.05, 4.69) is 36.5 Å². The molecule has 0 bridgehead atoms. The van der Waals surface area contributed by atoms with Crippen molar-refractivity contribution >= 4 is 33.0 Å². The number of carboxylic acid groups (broad SMARTS) is 1. The van der Waals surface area contributed by atoms with Crippen molar-refractivity contribution in [3.63, 3.8) is 0 Å². The fraction of sp³-hybridized carbons (Fsp3) is 0.385. The number of rotatable bonds is 7. The number of aromatic carboxylic acids is 1. The van der Waals surface area contributed by atoms with Crippen LogP contribution in [0.25, 0.3) is 10.6 Å². The first-order valence-corrected chi connectivity index (χ1v) is 14.0. The molecule has 0 unspecified atom stereocenters. The van der Waals surface area contributed by atoms with Crippen LogP contribution in [0.1, 0.15) is 66.9 Å². The van der Waals surface area contributed by atoms with Crippen molar-refractivity contribution in [3.05, 3.63) is 58.2 Å². The van der Waals surface area contributed by atoms with E-state index in [4.69, 9.17) is 9.84 Å². The number of aromatic nitrogens is 1. The average Bonchev–Trinajstić information content (AvgIpc) is 3.31. The molecule has 0 saturated heterocycles. The third-order valence-electron chi connectivity index (χ3n) is 6.82. The van der Waals surface area contributed by atoms with Gasteiger partial charge in [0.25, 0.3) is 10.0 Å². The zero-order chi connectivity index (χ0) is 26.3. The molecule has 0 radical (unpaired) electrons. The summed E-state index contributed by atoms with van der Waals surface area (Å²) in [6.45, 7) is 6.71. The minimum atomic E-state index is -4.17. The fourth-order valence-corrected chi connectivity index (χ4v) is 6.81. The second kappa shape index (κ2) is 9.82. The summed E-state index contributed by atoms with van der Waals surface area (Å²) in [4.78, 5) is 15.5. The van der Waals surface area contributed by atoms with Crippen molar-refractivity contribution < 1.29 is 27.4 Å². The van der Waals surface area contributed by atoms with E-state index in [9.17, 15) is 17.6 Å². The number of nitrogens with zero attached hydrogens (tertiary/aromatic N) is 1. The molecule has 1 heterocycles. The number of carboxylic acids is 1. The Labute approximate surface area is 214 Å². The van der Waals surface area contributed by atoms with Gasteiger partial charge in [0.15, 0.2) is 5.03 Å². The van der Waals surface area contributed by atoms with Gasteiger partial charge >= 0.3 is 5.97 Å². The number of sulfonamides is 1. The maximum absolute atomic E-state index is 14.2. The van der Waals surface area contributed by atoms with Crippen LogP contribution < -0.4 is 9.46 Å². The summed E-state index contributed by atoms with van der Waals surface area (Å²) >= 11 is 1.20. The number of anilines is 1. The molecule has 3 aromatic rings. The number of carbonyl (C=O) groups is 1. The smallest absolute Gasteiger partial charge is 0.338 e. The number of aryl methyl sites for hydroxylation is 1. The van der Waals surface area contributed by atoms with Crippen LogP contribution in [0.2, 0.25) is 0 Å². The Morgan fingerprint density at radius 2 is 1.92 bits per heavy atom. The van der Waals surface area contributed by atoms with Gasteiger partial charge in [-0.15, -0.1) is 11.3 Å². The number of methoxy groups -OCH3 is 1. The Hall–Kier alpha value is -2.98. The molecule has 4 rings (SSSR count). The van der Waals surface area contributed by atoms with Gasteiger partial charge in [-0.3, -0.25) is 4.72 Å². The van der Waals surface area contributed by atoms with E-state index in [1.54, 1.807) is 0 Å². The number of hydrogen-bond donors (Lipinski definition) is 2. The fourth-order valence-electron chi connectivity index (χ4n) is 4.66. The van der Waals surface area contributed by atoms with Gasteiger partial charge in [-0.2, -0.15) is 8.42 Å². The maximum atomic E-state index is 14.2. The highest BCUT2D eigenvalue weighted by Crippen LogP contribution is 2.43. The highest BCUT2D eigenvalue weighted by molar-refractivity contribution is 7.92. The number of hydrogen-bond acceptors (Lipinski definition) is 6. The highest BCUT2D eigenvalue weighted by atomic mass is 32.2. The second-order valence-electron chi connectivity index (χ2n) is 9.94. The van der Waals surface area contributed by atoms with E-state index in [1.165, 1.54) is 42.2 Å². The Bertz CT molecular complexity index is 1410.